The number of alkyl halides is 1. The lowest BCUT2D eigenvalue weighted by Crippen LogP contribution is -2.62. The predicted molar refractivity (Wildman–Crippen MR) is 112 cm³/mol. The molecule has 166 valence electrons. The molecule has 0 spiro atoms. The number of hydrogen-bond donors (Lipinski definition) is 0. The summed E-state index contributed by atoms with van der Waals surface area (Å²) in [5, 5.41) is 0. The van der Waals surface area contributed by atoms with Crippen LogP contribution in [-0.4, -0.2) is 35.1 Å². The molecule has 31 heavy (non-hydrogen) atoms. The van der Waals surface area contributed by atoms with Crippen LogP contribution in [0.4, 0.5) is 4.39 Å². The van der Waals surface area contributed by atoms with E-state index in [1.54, 1.807) is 32.1 Å². The summed E-state index contributed by atoms with van der Waals surface area (Å²) in [6.07, 6.45) is 9.68. The van der Waals surface area contributed by atoms with Crippen molar-refractivity contribution in [3.05, 3.63) is 36.0 Å². The SMILES string of the molecule is CCC(=O)O[C@]1(C(=O)C=O)C(C)C[C@H]2[C@@H]3CCC4=CC(=O)C=C[C@]4(C)[C@@]3(F)C=C[C@@]21C. The van der Waals surface area contributed by atoms with Gasteiger partial charge in [0.25, 0.3) is 0 Å². The monoisotopic (exact) mass is 428 g/mol. The number of carbonyl (C=O) groups excluding carboxylic acids is 4. The summed E-state index contributed by atoms with van der Waals surface area (Å²) in [6, 6.07) is 0. The normalized spacial score (nSPS) is 45.3. The van der Waals surface area contributed by atoms with Crippen molar-refractivity contribution in [1.29, 1.82) is 0 Å². The summed E-state index contributed by atoms with van der Waals surface area (Å²) in [5.74, 6) is -2.62. The number of Topliss-reactive ketones (excluding diaryl/α,β-unsaturated/α-hetero) is 1. The average Bonchev–Trinajstić information content (AvgIpc) is 2.96. The van der Waals surface area contributed by atoms with Crippen LogP contribution in [0.15, 0.2) is 36.0 Å². The molecule has 5 nitrogen and oxygen atoms in total. The van der Waals surface area contributed by atoms with Gasteiger partial charge in [-0.15, -0.1) is 0 Å². The molecule has 2 saturated carbocycles. The molecule has 0 aromatic carbocycles. The quantitative estimate of drug-likeness (QED) is 0.294. The maximum Gasteiger partial charge on any atom is 0.306 e. The number of allylic oxidation sites excluding steroid dienone is 5. The third-order valence-electron chi connectivity index (χ3n) is 8.69. The molecule has 4 aliphatic carbocycles. The summed E-state index contributed by atoms with van der Waals surface area (Å²) in [6.45, 7) is 7.07. The second-order valence-corrected chi connectivity index (χ2v) is 9.93. The molecular weight excluding hydrogens is 399 g/mol. The molecule has 1 unspecified atom stereocenters. The zero-order valence-corrected chi connectivity index (χ0v) is 18.4. The van der Waals surface area contributed by atoms with Crippen LogP contribution in [0.1, 0.15) is 53.4 Å². The average molecular weight is 429 g/mol. The van der Waals surface area contributed by atoms with E-state index in [-0.39, 0.29) is 24.4 Å². The lowest BCUT2D eigenvalue weighted by atomic mass is 9.48. The van der Waals surface area contributed by atoms with Gasteiger partial charge in [0.2, 0.25) is 5.78 Å². The Hall–Kier alpha value is -2.37. The van der Waals surface area contributed by atoms with E-state index in [0.717, 1.165) is 5.57 Å². The number of carbonyl (C=O) groups is 4. The van der Waals surface area contributed by atoms with Gasteiger partial charge >= 0.3 is 5.97 Å². The van der Waals surface area contributed by atoms with Crippen molar-refractivity contribution in [3.8, 4) is 0 Å². The van der Waals surface area contributed by atoms with Gasteiger partial charge < -0.3 is 4.74 Å². The third-order valence-corrected chi connectivity index (χ3v) is 8.69. The van der Waals surface area contributed by atoms with Crippen molar-refractivity contribution < 1.29 is 28.3 Å². The highest BCUT2D eigenvalue weighted by atomic mass is 19.1. The maximum atomic E-state index is 16.9. The van der Waals surface area contributed by atoms with Gasteiger partial charge in [0.1, 0.15) is 5.67 Å². The van der Waals surface area contributed by atoms with E-state index in [2.05, 4.69) is 0 Å². The molecule has 0 radical (unpaired) electrons. The Bertz CT molecular complexity index is 963. The Kier molecular flexibility index (Phi) is 4.80. The van der Waals surface area contributed by atoms with E-state index in [0.29, 0.717) is 19.3 Å². The molecular formula is C25H29FO5. The first-order valence-electron chi connectivity index (χ1n) is 11.0. The Balaban J connectivity index is 1.88. The van der Waals surface area contributed by atoms with Crippen molar-refractivity contribution in [2.45, 2.75) is 64.6 Å². The van der Waals surface area contributed by atoms with Gasteiger partial charge in [0, 0.05) is 29.1 Å². The van der Waals surface area contributed by atoms with Gasteiger partial charge in [-0.25, -0.2) is 4.39 Å². The summed E-state index contributed by atoms with van der Waals surface area (Å²) in [5.41, 5.74) is -4.55. The first-order chi connectivity index (χ1) is 14.5. The summed E-state index contributed by atoms with van der Waals surface area (Å²) in [7, 11) is 0. The Morgan fingerprint density at radius 3 is 2.58 bits per heavy atom. The molecule has 0 N–H and O–H groups in total. The van der Waals surface area contributed by atoms with E-state index in [1.165, 1.54) is 12.2 Å². The van der Waals surface area contributed by atoms with E-state index in [4.69, 9.17) is 4.74 Å². The fourth-order valence-corrected chi connectivity index (χ4v) is 6.96. The van der Waals surface area contributed by atoms with Gasteiger partial charge in [-0.2, -0.15) is 0 Å². The predicted octanol–water partition coefficient (Wildman–Crippen LogP) is 3.87. The lowest BCUT2D eigenvalue weighted by Gasteiger charge is -2.58. The molecule has 6 heteroatoms. The van der Waals surface area contributed by atoms with Crippen molar-refractivity contribution in [1.82, 2.24) is 0 Å². The number of hydrogen-bond acceptors (Lipinski definition) is 5. The fourth-order valence-electron chi connectivity index (χ4n) is 6.96. The van der Waals surface area contributed by atoms with Crippen LogP contribution in [-0.2, 0) is 23.9 Å². The Labute approximate surface area is 181 Å². The van der Waals surface area contributed by atoms with E-state index < -0.39 is 45.7 Å². The number of esters is 1. The minimum Gasteiger partial charge on any atom is -0.449 e. The lowest BCUT2D eigenvalue weighted by molar-refractivity contribution is -0.185. The molecule has 0 amide bonds. The van der Waals surface area contributed by atoms with Crippen LogP contribution < -0.4 is 0 Å². The van der Waals surface area contributed by atoms with Gasteiger partial charge in [0.15, 0.2) is 17.7 Å². The zero-order chi connectivity index (χ0) is 22.8. The van der Waals surface area contributed by atoms with Crippen LogP contribution in [0.25, 0.3) is 0 Å². The number of halogens is 1. The molecule has 0 aromatic heterocycles. The highest BCUT2D eigenvalue weighted by Gasteiger charge is 2.73. The molecule has 0 bridgehead atoms. The second-order valence-electron chi connectivity index (χ2n) is 9.93. The molecule has 0 heterocycles. The standard InChI is InChI=1S/C25H29FO5/c1-5-21(30)31-25(20(29)14-27)15(2)12-19-18-7-6-16-13-17(28)8-9-22(16,3)24(18,26)11-10-23(19,25)4/h8-11,13-15,18-19H,5-7,12H2,1-4H3/t15?,18-,19-,22-,23-,24+,25-/m0/s1. The minimum absolute atomic E-state index is 0.0760. The molecule has 4 aliphatic rings. The van der Waals surface area contributed by atoms with Gasteiger partial charge in [0.05, 0.1) is 0 Å². The molecule has 2 fully saturated rings. The summed E-state index contributed by atoms with van der Waals surface area (Å²) < 4.78 is 22.7. The Morgan fingerprint density at radius 2 is 1.94 bits per heavy atom. The molecule has 0 saturated heterocycles. The molecule has 0 aromatic rings. The molecule has 7 atom stereocenters. The van der Waals surface area contributed by atoms with Crippen LogP contribution in [0, 0.1) is 28.6 Å². The van der Waals surface area contributed by atoms with Gasteiger partial charge in [-0.05, 0) is 50.3 Å². The number of ketones is 2. The first kappa shape index (κ1) is 21.8. The minimum atomic E-state index is -1.74. The van der Waals surface area contributed by atoms with Crippen LogP contribution >= 0.6 is 0 Å². The number of fused-ring (bicyclic) bond motifs is 5. The van der Waals surface area contributed by atoms with Crippen molar-refractivity contribution in [2.75, 3.05) is 0 Å². The van der Waals surface area contributed by atoms with Crippen LogP contribution in [0.3, 0.4) is 0 Å². The topological polar surface area (TPSA) is 77.5 Å². The van der Waals surface area contributed by atoms with E-state index in [9.17, 15) is 19.2 Å². The van der Waals surface area contributed by atoms with Crippen LogP contribution in [0.2, 0.25) is 0 Å². The van der Waals surface area contributed by atoms with E-state index in [1.807, 2.05) is 13.8 Å². The Morgan fingerprint density at radius 1 is 1.23 bits per heavy atom. The molecule has 0 aliphatic heterocycles. The van der Waals surface area contributed by atoms with E-state index >= 15 is 4.39 Å². The van der Waals surface area contributed by atoms with Crippen molar-refractivity contribution >= 4 is 23.8 Å². The van der Waals surface area contributed by atoms with Gasteiger partial charge in [-0.3, -0.25) is 19.2 Å². The highest BCUT2D eigenvalue weighted by molar-refractivity contribution is 6.30. The highest BCUT2D eigenvalue weighted by Crippen LogP contribution is 2.69. The smallest absolute Gasteiger partial charge is 0.306 e. The first-order valence-corrected chi connectivity index (χ1v) is 11.0. The summed E-state index contributed by atoms with van der Waals surface area (Å²) in [4.78, 5) is 48.9. The maximum absolute atomic E-state index is 16.9. The molecule has 4 rings (SSSR count). The van der Waals surface area contributed by atoms with Crippen molar-refractivity contribution in [2.24, 2.45) is 28.6 Å². The largest absolute Gasteiger partial charge is 0.449 e. The third kappa shape index (κ3) is 2.53. The number of aldehydes is 1. The number of rotatable bonds is 4. The second kappa shape index (κ2) is 6.81. The zero-order valence-electron chi connectivity index (χ0n) is 18.4. The number of ether oxygens (including phenoxy) is 1. The van der Waals surface area contributed by atoms with Crippen LogP contribution in [0.5, 0.6) is 0 Å². The summed E-state index contributed by atoms with van der Waals surface area (Å²) >= 11 is 0. The van der Waals surface area contributed by atoms with Crippen molar-refractivity contribution in [3.63, 3.8) is 0 Å². The van der Waals surface area contributed by atoms with Gasteiger partial charge in [-0.1, -0.05) is 38.5 Å². The fraction of sp³-hybridized carbons (Fsp3) is 0.600.